The van der Waals surface area contributed by atoms with Crippen LogP contribution in [-0.2, 0) is 4.74 Å². The Kier molecular flexibility index (Phi) is 2.75. The van der Waals surface area contributed by atoms with Crippen LogP contribution in [0, 0.1) is 25.7 Å². The molecule has 2 saturated heterocycles. The van der Waals surface area contributed by atoms with Gasteiger partial charge >= 0.3 is 6.03 Å². The summed E-state index contributed by atoms with van der Waals surface area (Å²) in [5, 5.41) is 10.9. The van der Waals surface area contributed by atoms with Crippen molar-refractivity contribution in [3.8, 4) is 0 Å². The summed E-state index contributed by atoms with van der Waals surface area (Å²) in [6.45, 7) is 5.36. The zero-order chi connectivity index (χ0) is 14.6. The van der Waals surface area contributed by atoms with Crippen molar-refractivity contribution >= 4 is 11.8 Å². The van der Waals surface area contributed by atoms with Crippen LogP contribution in [0.4, 0.5) is 10.6 Å². The second-order valence-electron chi connectivity index (χ2n) is 6.11. The Balaban J connectivity index is 1.44. The Morgan fingerprint density at radius 2 is 1.90 bits per heavy atom. The van der Waals surface area contributed by atoms with Gasteiger partial charge in [0.05, 0.1) is 17.9 Å². The highest BCUT2D eigenvalue weighted by Gasteiger charge is 2.51. The minimum Gasteiger partial charge on any atom is -0.366 e. The second-order valence-corrected chi connectivity index (χ2v) is 6.11. The number of aromatic nitrogens is 2. The van der Waals surface area contributed by atoms with Crippen LogP contribution >= 0.6 is 0 Å². The van der Waals surface area contributed by atoms with Crippen molar-refractivity contribution in [2.24, 2.45) is 11.8 Å². The van der Waals surface area contributed by atoms with E-state index in [0.717, 1.165) is 24.3 Å². The highest BCUT2D eigenvalue weighted by molar-refractivity contribution is 5.88. The summed E-state index contributed by atoms with van der Waals surface area (Å²) in [7, 11) is 0. The number of rotatable bonds is 1. The molecule has 4 rings (SSSR count). The fourth-order valence-corrected chi connectivity index (χ4v) is 3.49. The topological polar surface area (TPSA) is 67.4 Å². The molecule has 3 aliphatic rings. The summed E-state index contributed by atoms with van der Waals surface area (Å²) in [6, 6.07) is 1.76. The number of nitrogens with one attached hydrogen (secondary N) is 1. The lowest BCUT2D eigenvalue weighted by Crippen LogP contribution is -2.35. The number of hydrogen-bond acceptors (Lipinski definition) is 4. The Morgan fingerprint density at radius 1 is 1.24 bits per heavy atom. The minimum atomic E-state index is -0.0960. The van der Waals surface area contributed by atoms with Gasteiger partial charge in [-0.1, -0.05) is 12.2 Å². The third-order valence-electron chi connectivity index (χ3n) is 4.81. The number of amides is 2. The average molecular weight is 286 g/mol. The first-order valence-corrected chi connectivity index (χ1v) is 7.32. The number of fused-ring (bicyclic) bond motifs is 5. The molecule has 110 valence electrons. The number of carbonyl (C=O) groups excluding carboxylic acids is 1. The lowest BCUT2D eigenvalue weighted by atomic mass is 9.86. The number of aryl methyl sites for hydroxylation is 2. The van der Waals surface area contributed by atoms with E-state index in [9.17, 15) is 4.79 Å². The first-order valence-electron chi connectivity index (χ1n) is 7.32. The standard InChI is InChI=1S/C15H18N4O2/c1-8-5-14(18-17-9(8)2)16-15(20)19-6-10-11(7-19)13-4-3-12(10)21-13/h3-5,10-13H,6-7H2,1-2H3,(H,16,18,20). The van der Waals surface area contributed by atoms with Crippen LogP contribution in [0.5, 0.6) is 0 Å². The van der Waals surface area contributed by atoms with E-state index in [-0.39, 0.29) is 18.2 Å². The molecular weight excluding hydrogens is 268 g/mol. The van der Waals surface area contributed by atoms with Crippen molar-refractivity contribution in [1.82, 2.24) is 15.1 Å². The molecule has 4 unspecified atom stereocenters. The Hall–Kier alpha value is -1.95. The molecule has 0 radical (unpaired) electrons. The lowest BCUT2D eigenvalue weighted by Gasteiger charge is -2.19. The van der Waals surface area contributed by atoms with E-state index < -0.39 is 0 Å². The van der Waals surface area contributed by atoms with Crippen LogP contribution < -0.4 is 5.32 Å². The van der Waals surface area contributed by atoms with Crippen LogP contribution in [-0.4, -0.2) is 46.4 Å². The molecule has 1 aromatic heterocycles. The van der Waals surface area contributed by atoms with E-state index in [1.807, 2.05) is 24.8 Å². The van der Waals surface area contributed by atoms with Gasteiger partial charge in [-0.2, -0.15) is 5.10 Å². The largest absolute Gasteiger partial charge is 0.366 e. The first kappa shape index (κ1) is 12.8. The molecule has 6 heteroatoms. The van der Waals surface area contributed by atoms with Gasteiger partial charge in [0, 0.05) is 24.9 Å². The number of ether oxygens (including phenoxy) is 1. The van der Waals surface area contributed by atoms with E-state index in [1.165, 1.54) is 0 Å². The van der Waals surface area contributed by atoms with Crippen LogP contribution in [0.1, 0.15) is 11.3 Å². The molecule has 2 fully saturated rings. The SMILES string of the molecule is Cc1cc(NC(=O)N2CC3C4C=CC(O4)C3C2)nnc1C. The van der Waals surface area contributed by atoms with E-state index in [4.69, 9.17) is 4.74 Å². The molecule has 1 N–H and O–H groups in total. The van der Waals surface area contributed by atoms with Crippen molar-refractivity contribution in [3.63, 3.8) is 0 Å². The molecule has 2 amide bonds. The smallest absolute Gasteiger partial charge is 0.323 e. The van der Waals surface area contributed by atoms with E-state index >= 15 is 0 Å². The maximum atomic E-state index is 12.4. The predicted molar refractivity (Wildman–Crippen MR) is 76.9 cm³/mol. The maximum Gasteiger partial charge on any atom is 0.323 e. The summed E-state index contributed by atoms with van der Waals surface area (Å²) in [6.07, 6.45) is 4.64. The highest BCUT2D eigenvalue weighted by atomic mass is 16.5. The third-order valence-corrected chi connectivity index (χ3v) is 4.81. The zero-order valence-electron chi connectivity index (χ0n) is 12.1. The Bertz CT molecular complexity index is 610. The predicted octanol–water partition coefficient (Wildman–Crippen LogP) is 1.51. The number of urea groups is 1. The van der Waals surface area contributed by atoms with Gasteiger partial charge in [-0.3, -0.25) is 5.32 Å². The van der Waals surface area contributed by atoms with E-state index in [2.05, 4.69) is 27.7 Å². The molecule has 3 aliphatic heterocycles. The average Bonchev–Trinajstić information content (AvgIpc) is 3.13. The van der Waals surface area contributed by atoms with Gasteiger partial charge in [0.1, 0.15) is 0 Å². The molecule has 0 aliphatic carbocycles. The quantitative estimate of drug-likeness (QED) is 0.795. The van der Waals surface area contributed by atoms with Crippen LogP contribution in [0.2, 0.25) is 0 Å². The van der Waals surface area contributed by atoms with Gasteiger partial charge in [0.2, 0.25) is 0 Å². The number of anilines is 1. The molecule has 0 aromatic carbocycles. The van der Waals surface area contributed by atoms with Gasteiger partial charge in [-0.05, 0) is 25.5 Å². The molecule has 21 heavy (non-hydrogen) atoms. The molecule has 0 spiro atoms. The van der Waals surface area contributed by atoms with E-state index in [1.54, 1.807) is 0 Å². The summed E-state index contributed by atoms with van der Waals surface area (Å²) in [4.78, 5) is 14.2. The third kappa shape index (κ3) is 2.01. The fourth-order valence-electron chi connectivity index (χ4n) is 3.49. The van der Waals surface area contributed by atoms with Crippen molar-refractivity contribution in [1.29, 1.82) is 0 Å². The number of likely N-dealkylation sites (tertiary alicyclic amines) is 1. The first-order chi connectivity index (χ1) is 10.1. The Morgan fingerprint density at radius 3 is 2.52 bits per heavy atom. The van der Waals surface area contributed by atoms with Crippen molar-refractivity contribution in [3.05, 3.63) is 29.5 Å². The summed E-state index contributed by atoms with van der Waals surface area (Å²) in [5.41, 5.74) is 1.90. The minimum absolute atomic E-state index is 0.0960. The van der Waals surface area contributed by atoms with Crippen molar-refractivity contribution in [2.75, 3.05) is 18.4 Å². The van der Waals surface area contributed by atoms with Gasteiger partial charge in [-0.15, -0.1) is 5.10 Å². The highest BCUT2D eigenvalue weighted by Crippen LogP contribution is 2.43. The van der Waals surface area contributed by atoms with Crippen molar-refractivity contribution in [2.45, 2.75) is 26.1 Å². The maximum absolute atomic E-state index is 12.4. The van der Waals surface area contributed by atoms with E-state index in [0.29, 0.717) is 17.7 Å². The van der Waals surface area contributed by atoms with Gasteiger partial charge in [0.15, 0.2) is 5.82 Å². The lowest BCUT2D eigenvalue weighted by molar-refractivity contribution is 0.0892. The number of hydrogen-bond donors (Lipinski definition) is 1. The molecule has 4 atom stereocenters. The summed E-state index contributed by atoms with van der Waals surface area (Å²) < 4.78 is 5.82. The molecule has 0 saturated carbocycles. The monoisotopic (exact) mass is 286 g/mol. The molecule has 1 aromatic rings. The van der Waals surface area contributed by atoms with Crippen LogP contribution in [0.3, 0.4) is 0 Å². The number of carbonyl (C=O) groups is 1. The molecule has 4 heterocycles. The van der Waals surface area contributed by atoms with Crippen molar-refractivity contribution < 1.29 is 9.53 Å². The molecule has 6 nitrogen and oxygen atoms in total. The fraction of sp³-hybridized carbons (Fsp3) is 0.533. The zero-order valence-corrected chi connectivity index (χ0v) is 12.1. The second kappa shape index (κ2) is 4.53. The van der Waals surface area contributed by atoms with Gasteiger partial charge in [-0.25, -0.2) is 4.79 Å². The summed E-state index contributed by atoms with van der Waals surface area (Å²) in [5.74, 6) is 1.39. The Labute approximate surface area is 123 Å². The van der Waals surface area contributed by atoms with Crippen LogP contribution in [0.15, 0.2) is 18.2 Å². The van der Waals surface area contributed by atoms with Crippen LogP contribution in [0.25, 0.3) is 0 Å². The normalized spacial score (nSPS) is 32.6. The molecule has 2 bridgehead atoms. The summed E-state index contributed by atoms with van der Waals surface area (Å²) >= 11 is 0. The molecular formula is C15H18N4O2. The van der Waals surface area contributed by atoms with Gasteiger partial charge in [0.25, 0.3) is 0 Å². The van der Waals surface area contributed by atoms with Gasteiger partial charge < -0.3 is 9.64 Å². The number of nitrogens with zero attached hydrogens (tertiary/aromatic N) is 3.